The van der Waals surface area contributed by atoms with Crippen molar-refractivity contribution < 1.29 is 4.74 Å². The van der Waals surface area contributed by atoms with Crippen molar-refractivity contribution in [1.82, 2.24) is 0 Å². The van der Waals surface area contributed by atoms with Crippen molar-refractivity contribution in [3.05, 3.63) is 35.9 Å². The van der Waals surface area contributed by atoms with Crippen LogP contribution in [0.2, 0.25) is 0 Å². The summed E-state index contributed by atoms with van der Waals surface area (Å²) < 4.78 is 5.66. The molecule has 1 nitrogen and oxygen atoms in total. The molecule has 1 fully saturated rings. The summed E-state index contributed by atoms with van der Waals surface area (Å²) in [6.07, 6.45) is 8.33. The molecular formula is C15H22O. The normalized spacial score (nSPS) is 18.8. The monoisotopic (exact) mass is 218 g/mol. The van der Waals surface area contributed by atoms with Crippen LogP contribution in [0.3, 0.4) is 0 Å². The molecule has 1 saturated carbocycles. The summed E-state index contributed by atoms with van der Waals surface area (Å²) in [6.45, 7) is 0. The van der Waals surface area contributed by atoms with Crippen LogP contribution in [0.25, 0.3) is 0 Å². The first-order valence-corrected chi connectivity index (χ1v) is 6.47. The maximum absolute atomic E-state index is 5.66. The van der Waals surface area contributed by atoms with Gasteiger partial charge in [-0.1, -0.05) is 43.2 Å². The Kier molecular flexibility index (Phi) is 4.41. The van der Waals surface area contributed by atoms with Gasteiger partial charge >= 0.3 is 0 Å². The van der Waals surface area contributed by atoms with Crippen LogP contribution in [-0.4, -0.2) is 13.2 Å². The van der Waals surface area contributed by atoms with E-state index in [1.54, 1.807) is 0 Å². The highest BCUT2D eigenvalue weighted by Gasteiger charge is 2.24. The lowest BCUT2D eigenvalue weighted by atomic mass is 9.95. The SMILES string of the molecule is COC(CCc1ccccc1)C1CCCC1. The number of aryl methyl sites for hydroxylation is 1. The fraction of sp³-hybridized carbons (Fsp3) is 0.600. The van der Waals surface area contributed by atoms with Gasteiger partial charge in [0.05, 0.1) is 6.10 Å². The van der Waals surface area contributed by atoms with Gasteiger partial charge in [-0.25, -0.2) is 0 Å². The fourth-order valence-corrected chi connectivity index (χ4v) is 2.83. The first-order chi connectivity index (χ1) is 7.90. The Morgan fingerprint density at radius 3 is 2.50 bits per heavy atom. The third kappa shape index (κ3) is 3.08. The average Bonchev–Trinajstić information content (AvgIpc) is 2.85. The van der Waals surface area contributed by atoms with E-state index in [2.05, 4.69) is 30.3 Å². The molecule has 1 unspecified atom stereocenters. The van der Waals surface area contributed by atoms with Crippen molar-refractivity contribution in [2.24, 2.45) is 5.92 Å². The second-order valence-electron chi connectivity index (χ2n) is 4.84. The second-order valence-corrected chi connectivity index (χ2v) is 4.84. The second kappa shape index (κ2) is 6.05. The number of methoxy groups -OCH3 is 1. The third-order valence-electron chi connectivity index (χ3n) is 3.79. The summed E-state index contributed by atoms with van der Waals surface area (Å²) in [5, 5.41) is 0. The summed E-state index contributed by atoms with van der Waals surface area (Å²) in [5.74, 6) is 0.814. The highest BCUT2D eigenvalue weighted by atomic mass is 16.5. The molecule has 0 radical (unpaired) electrons. The Labute approximate surface area is 98.8 Å². The van der Waals surface area contributed by atoms with Gasteiger partial charge in [-0.05, 0) is 37.2 Å². The minimum Gasteiger partial charge on any atom is -0.381 e. The van der Waals surface area contributed by atoms with Crippen molar-refractivity contribution in [2.45, 2.75) is 44.6 Å². The molecule has 0 N–H and O–H groups in total. The number of hydrogen-bond donors (Lipinski definition) is 0. The molecule has 0 saturated heterocycles. The van der Waals surface area contributed by atoms with Crippen LogP contribution >= 0.6 is 0 Å². The Hall–Kier alpha value is -0.820. The molecule has 0 heterocycles. The van der Waals surface area contributed by atoms with Crippen LogP contribution in [0.5, 0.6) is 0 Å². The molecule has 0 amide bonds. The zero-order valence-corrected chi connectivity index (χ0v) is 10.2. The molecule has 0 aliphatic heterocycles. The predicted molar refractivity (Wildman–Crippen MR) is 67.5 cm³/mol. The summed E-state index contributed by atoms with van der Waals surface area (Å²) in [5.41, 5.74) is 1.43. The average molecular weight is 218 g/mol. The predicted octanol–water partition coefficient (Wildman–Crippen LogP) is 3.82. The first kappa shape index (κ1) is 11.7. The van der Waals surface area contributed by atoms with E-state index in [1.807, 2.05) is 7.11 Å². The molecule has 1 atom stereocenters. The summed E-state index contributed by atoms with van der Waals surface area (Å²) in [7, 11) is 1.87. The lowest BCUT2D eigenvalue weighted by Gasteiger charge is -2.21. The molecule has 1 aromatic rings. The van der Waals surface area contributed by atoms with Crippen LogP contribution < -0.4 is 0 Å². The van der Waals surface area contributed by atoms with Gasteiger partial charge in [0.2, 0.25) is 0 Å². The van der Waals surface area contributed by atoms with Gasteiger partial charge in [0.15, 0.2) is 0 Å². The molecule has 0 aromatic heterocycles. The lowest BCUT2D eigenvalue weighted by molar-refractivity contribution is 0.0479. The van der Waals surface area contributed by atoms with Crippen LogP contribution in [0, 0.1) is 5.92 Å². The Morgan fingerprint density at radius 1 is 1.19 bits per heavy atom. The van der Waals surface area contributed by atoms with Crippen LogP contribution in [0.1, 0.15) is 37.7 Å². The van der Waals surface area contributed by atoms with E-state index < -0.39 is 0 Å². The molecule has 16 heavy (non-hydrogen) atoms. The van der Waals surface area contributed by atoms with Crippen molar-refractivity contribution in [2.75, 3.05) is 7.11 Å². The van der Waals surface area contributed by atoms with E-state index in [9.17, 15) is 0 Å². The quantitative estimate of drug-likeness (QED) is 0.730. The number of rotatable bonds is 5. The van der Waals surface area contributed by atoms with Crippen LogP contribution in [0.4, 0.5) is 0 Å². The van der Waals surface area contributed by atoms with E-state index in [1.165, 1.54) is 37.7 Å². The smallest absolute Gasteiger partial charge is 0.0602 e. The van der Waals surface area contributed by atoms with Gasteiger partial charge in [0, 0.05) is 7.11 Å². The van der Waals surface area contributed by atoms with Crippen molar-refractivity contribution in [3.63, 3.8) is 0 Å². The molecule has 1 aliphatic rings. The van der Waals surface area contributed by atoms with E-state index in [4.69, 9.17) is 4.74 Å². The Balaban J connectivity index is 1.83. The van der Waals surface area contributed by atoms with Gasteiger partial charge in [-0.15, -0.1) is 0 Å². The zero-order chi connectivity index (χ0) is 11.2. The van der Waals surface area contributed by atoms with Gasteiger partial charge in [0.25, 0.3) is 0 Å². The number of hydrogen-bond acceptors (Lipinski definition) is 1. The summed E-state index contributed by atoms with van der Waals surface area (Å²) in [4.78, 5) is 0. The van der Waals surface area contributed by atoms with E-state index in [-0.39, 0.29) is 0 Å². The van der Waals surface area contributed by atoms with Gasteiger partial charge < -0.3 is 4.74 Å². The van der Waals surface area contributed by atoms with Crippen molar-refractivity contribution in [1.29, 1.82) is 0 Å². The molecule has 0 bridgehead atoms. The van der Waals surface area contributed by atoms with Gasteiger partial charge in [-0.2, -0.15) is 0 Å². The standard InChI is InChI=1S/C15H22O/c1-16-15(14-9-5-6-10-14)12-11-13-7-3-2-4-8-13/h2-4,7-8,14-15H,5-6,9-12H2,1H3. The van der Waals surface area contributed by atoms with Crippen LogP contribution in [0.15, 0.2) is 30.3 Å². The molecular weight excluding hydrogens is 196 g/mol. The molecule has 1 aliphatic carbocycles. The molecule has 0 spiro atoms. The minimum absolute atomic E-state index is 0.475. The highest BCUT2D eigenvalue weighted by Crippen LogP contribution is 2.30. The summed E-state index contributed by atoms with van der Waals surface area (Å²) in [6, 6.07) is 10.7. The van der Waals surface area contributed by atoms with Crippen molar-refractivity contribution >= 4 is 0 Å². The van der Waals surface area contributed by atoms with Crippen molar-refractivity contribution in [3.8, 4) is 0 Å². The molecule has 88 valence electrons. The first-order valence-electron chi connectivity index (χ1n) is 6.47. The molecule has 1 aromatic carbocycles. The van der Waals surface area contributed by atoms with E-state index in [0.29, 0.717) is 6.10 Å². The largest absolute Gasteiger partial charge is 0.381 e. The Morgan fingerprint density at radius 2 is 1.88 bits per heavy atom. The van der Waals surface area contributed by atoms with E-state index in [0.717, 1.165) is 12.3 Å². The zero-order valence-electron chi connectivity index (χ0n) is 10.2. The topological polar surface area (TPSA) is 9.23 Å². The van der Waals surface area contributed by atoms with Crippen LogP contribution in [-0.2, 0) is 11.2 Å². The van der Waals surface area contributed by atoms with Gasteiger partial charge in [0.1, 0.15) is 0 Å². The Bertz CT molecular complexity index is 288. The number of benzene rings is 1. The maximum Gasteiger partial charge on any atom is 0.0602 e. The van der Waals surface area contributed by atoms with E-state index >= 15 is 0 Å². The third-order valence-corrected chi connectivity index (χ3v) is 3.79. The minimum atomic E-state index is 0.475. The number of ether oxygens (including phenoxy) is 1. The maximum atomic E-state index is 5.66. The lowest BCUT2D eigenvalue weighted by Crippen LogP contribution is -2.21. The fourth-order valence-electron chi connectivity index (χ4n) is 2.83. The molecule has 1 heteroatoms. The highest BCUT2D eigenvalue weighted by molar-refractivity contribution is 5.14. The van der Waals surface area contributed by atoms with Gasteiger partial charge in [-0.3, -0.25) is 0 Å². The molecule has 2 rings (SSSR count). The summed E-state index contributed by atoms with van der Waals surface area (Å²) >= 11 is 0.